The predicted molar refractivity (Wildman–Crippen MR) is 99.6 cm³/mol. The molecule has 23 heavy (non-hydrogen) atoms. The second-order valence-electron chi connectivity index (χ2n) is 6.18. The molecule has 0 atom stereocenters. The van der Waals surface area contributed by atoms with Gasteiger partial charge >= 0.3 is 5.97 Å². The zero-order valence-electron chi connectivity index (χ0n) is 15.9. The molecule has 0 unspecified atom stereocenters. The fourth-order valence-electron chi connectivity index (χ4n) is 2.18. The highest BCUT2D eigenvalue weighted by Crippen LogP contribution is 2.11. The first-order valence-electron chi connectivity index (χ1n) is 9.53. The molecule has 3 heteroatoms. The minimum atomic E-state index is -0.455. The van der Waals surface area contributed by atoms with Gasteiger partial charge in [0.15, 0.2) is 0 Å². The first-order chi connectivity index (χ1) is 11.1. The van der Waals surface area contributed by atoms with Crippen LogP contribution in [0.1, 0.15) is 97.8 Å². The van der Waals surface area contributed by atoms with Crippen molar-refractivity contribution in [1.82, 2.24) is 0 Å². The lowest BCUT2D eigenvalue weighted by atomic mass is 10.1. The lowest BCUT2D eigenvalue weighted by Gasteiger charge is -2.01. The second kappa shape index (κ2) is 21.2. The van der Waals surface area contributed by atoms with Gasteiger partial charge in [0, 0.05) is 5.57 Å². The molecule has 0 saturated carbocycles. The molecule has 0 radical (unpaired) electrons. The highest BCUT2D eigenvalue weighted by Gasteiger charge is 1.99. The van der Waals surface area contributed by atoms with Crippen molar-refractivity contribution in [3.05, 3.63) is 12.2 Å². The summed E-state index contributed by atoms with van der Waals surface area (Å²) >= 11 is 0. The van der Waals surface area contributed by atoms with Crippen LogP contribution < -0.4 is 0 Å². The zero-order chi connectivity index (χ0) is 17.8. The maximum atomic E-state index is 10.5. The minimum Gasteiger partial charge on any atom is -0.460 e. The van der Waals surface area contributed by atoms with Crippen LogP contribution in [0.5, 0.6) is 0 Å². The Labute approximate surface area is 144 Å². The summed E-state index contributed by atoms with van der Waals surface area (Å²) in [6.07, 6.45) is 17.4. The van der Waals surface area contributed by atoms with Gasteiger partial charge in [-0.05, 0) is 6.92 Å². The van der Waals surface area contributed by atoms with Crippen molar-refractivity contribution in [2.45, 2.75) is 97.8 Å². The fraction of sp³-hybridized carbons (Fsp3) is 0.850. The molecule has 0 heterocycles. The Morgan fingerprint density at radius 2 is 1.17 bits per heavy atom. The Balaban J connectivity index is 0. The van der Waals surface area contributed by atoms with Gasteiger partial charge in [-0.1, -0.05) is 97.5 Å². The summed E-state index contributed by atoms with van der Waals surface area (Å²) in [6.45, 7) is 9.39. The second-order valence-corrected chi connectivity index (χ2v) is 6.18. The van der Waals surface area contributed by atoms with E-state index < -0.39 is 5.97 Å². The lowest BCUT2D eigenvalue weighted by molar-refractivity contribution is -0.139. The van der Waals surface area contributed by atoms with Crippen LogP contribution >= 0.6 is 0 Å². The van der Waals surface area contributed by atoms with Crippen LogP contribution in [0.25, 0.3) is 0 Å². The maximum Gasteiger partial charge on any atom is 0.333 e. The monoisotopic (exact) mass is 328 g/mol. The van der Waals surface area contributed by atoms with Gasteiger partial charge < -0.3 is 9.84 Å². The van der Waals surface area contributed by atoms with E-state index in [0.717, 1.165) is 0 Å². The van der Waals surface area contributed by atoms with Crippen molar-refractivity contribution in [2.75, 3.05) is 13.2 Å². The Bertz CT molecular complexity index is 250. The Kier molecular flexibility index (Phi) is 22.5. The maximum absolute atomic E-state index is 10.5. The van der Waals surface area contributed by atoms with Crippen molar-refractivity contribution >= 4 is 5.97 Å². The van der Waals surface area contributed by atoms with Gasteiger partial charge in [0.25, 0.3) is 0 Å². The number of aliphatic hydroxyl groups excluding tert-OH is 1. The third-order valence-electron chi connectivity index (χ3n) is 3.63. The minimum absolute atomic E-state index is 0.0473. The van der Waals surface area contributed by atoms with Crippen molar-refractivity contribution < 1.29 is 14.6 Å². The average molecular weight is 329 g/mol. The SMILES string of the molecule is C=C(C)C(=O)OCCO.CCCCCCCCCCCCCC. The molecular formula is C20H40O3. The van der Waals surface area contributed by atoms with Crippen LogP contribution in [0.4, 0.5) is 0 Å². The van der Waals surface area contributed by atoms with Crippen molar-refractivity contribution in [2.24, 2.45) is 0 Å². The number of aliphatic hydroxyl groups is 1. The van der Waals surface area contributed by atoms with E-state index in [-0.39, 0.29) is 13.2 Å². The molecule has 138 valence electrons. The van der Waals surface area contributed by atoms with Gasteiger partial charge in [0.1, 0.15) is 6.61 Å². The summed E-state index contributed by atoms with van der Waals surface area (Å²) in [5, 5.41) is 8.19. The third-order valence-corrected chi connectivity index (χ3v) is 3.63. The number of carbonyl (C=O) groups excluding carboxylic acids is 1. The molecule has 0 aliphatic carbocycles. The van der Waals surface area contributed by atoms with Crippen molar-refractivity contribution in [3.8, 4) is 0 Å². The molecule has 0 rings (SSSR count). The quantitative estimate of drug-likeness (QED) is 0.249. The molecular weight excluding hydrogens is 288 g/mol. The van der Waals surface area contributed by atoms with Crippen LogP contribution in [0, 0.1) is 0 Å². The third kappa shape index (κ3) is 23.6. The first kappa shape index (κ1) is 24.4. The highest BCUT2D eigenvalue weighted by atomic mass is 16.5. The summed E-state index contributed by atoms with van der Waals surface area (Å²) < 4.78 is 4.46. The number of hydrogen-bond donors (Lipinski definition) is 1. The summed E-state index contributed by atoms with van der Waals surface area (Å²) in [7, 11) is 0. The number of ether oxygens (including phenoxy) is 1. The van der Waals surface area contributed by atoms with Crippen LogP contribution in [0.3, 0.4) is 0 Å². The van der Waals surface area contributed by atoms with Gasteiger partial charge in [-0.15, -0.1) is 0 Å². The molecule has 0 aromatic rings. The van der Waals surface area contributed by atoms with Crippen LogP contribution in [0.2, 0.25) is 0 Å². The highest BCUT2D eigenvalue weighted by molar-refractivity contribution is 5.86. The Morgan fingerprint density at radius 1 is 0.826 bits per heavy atom. The normalized spacial score (nSPS) is 9.91. The molecule has 0 aliphatic rings. The first-order valence-corrected chi connectivity index (χ1v) is 9.53. The largest absolute Gasteiger partial charge is 0.460 e. The van der Waals surface area contributed by atoms with Crippen LogP contribution in [-0.2, 0) is 9.53 Å². The number of unbranched alkanes of at least 4 members (excludes halogenated alkanes) is 11. The van der Waals surface area contributed by atoms with E-state index in [1.54, 1.807) is 6.92 Å². The smallest absolute Gasteiger partial charge is 0.333 e. The summed E-state index contributed by atoms with van der Waals surface area (Å²) in [5.41, 5.74) is 0.350. The van der Waals surface area contributed by atoms with Crippen LogP contribution in [0.15, 0.2) is 12.2 Å². The molecule has 0 aromatic heterocycles. The van der Waals surface area contributed by atoms with E-state index in [1.807, 2.05) is 0 Å². The van der Waals surface area contributed by atoms with E-state index in [4.69, 9.17) is 5.11 Å². The van der Waals surface area contributed by atoms with Crippen molar-refractivity contribution in [1.29, 1.82) is 0 Å². The number of carbonyl (C=O) groups is 1. The predicted octanol–water partition coefficient (Wildman–Crippen LogP) is 5.81. The lowest BCUT2D eigenvalue weighted by Crippen LogP contribution is -2.08. The fourth-order valence-corrected chi connectivity index (χ4v) is 2.18. The standard InChI is InChI=1S/C14H30.C6H10O3/c1-3-5-7-9-11-13-14-12-10-8-6-4-2;1-5(2)6(8)9-4-3-7/h3-14H2,1-2H3;7H,1,3-4H2,2H3. The topological polar surface area (TPSA) is 46.5 Å². The van der Waals surface area contributed by atoms with Gasteiger partial charge in [-0.2, -0.15) is 0 Å². The molecule has 0 aliphatic heterocycles. The van der Waals surface area contributed by atoms with Gasteiger partial charge in [0.2, 0.25) is 0 Å². The van der Waals surface area contributed by atoms with Gasteiger partial charge in [-0.25, -0.2) is 4.79 Å². The van der Waals surface area contributed by atoms with Gasteiger partial charge in [-0.3, -0.25) is 0 Å². The van der Waals surface area contributed by atoms with Crippen molar-refractivity contribution in [3.63, 3.8) is 0 Å². The molecule has 0 spiro atoms. The molecule has 1 N–H and O–H groups in total. The Morgan fingerprint density at radius 3 is 1.43 bits per heavy atom. The molecule has 0 saturated heterocycles. The van der Waals surface area contributed by atoms with Gasteiger partial charge in [0.05, 0.1) is 6.61 Å². The molecule has 3 nitrogen and oxygen atoms in total. The summed E-state index contributed by atoms with van der Waals surface area (Å²) in [6, 6.07) is 0. The number of hydrogen-bond acceptors (Lipinski definition) is 3. The molecule has 0 aromatic carbocycles. The van der Waals surface area contributed by atoms with Crippen LogP contribution in [-0.4, -0.2) is 24.3 Å². The molecule has 0 fully saturated rings. The summed E-state index contributed by atoms with van der Waals surface area (Å²) in [5.74, 6) is -0.455. The average Bonchev–Trinajstić information content (AvgIpc) is 2.55. The number of rotatable bonds is 14. The Hall–Kier alpha value is -0.830. The summed E-state index contributed by atoms with van der Waals surface area (Å²) in [4.78, 5) is 10.5. The van der Waals surface area contributed by atoms with E-state index in [0.29, 0.717) is 5.57 Å². The molecule has 0 amide bonds. The van der Waals surface area contributed by atoms with E-state index in [2.05, 4.69) is 25.2 Å². The number of esters is 1. The van der Waals surface area contributed by atoms with E-state index in [1.165, 1.54) is 77.0 Å². The van der Waals surface area contributed by atoms with E-state index in [9.17, 15) is 4.79 Å². The molecule has 0 bridgehead atoms. The zero-order valence-corrected chi connectivity index (χ0v) is 15.9. The van der Waals surface area contributed by atoms with E-state index >= 15 is 0 Å².